The molecule has 2 aromatic rings. The lowest BCUT2D eigenvalue weighted by atomic mass is 10.2. The van der Waals surface area contributed by atoms with Crippen LogP contribution in [0.2, 0.25) is 5.02 Å². The Labute approximate surface area is 111 Å². The number of rotatable bonds is 5. The minimum Gasteiger partial charge on any atom is -0.472 e. The smallest absolute Gasteiger partial charge is 0.232 e. The number of hydrogen-bond acceptors (Lipinski definition) is 4. The van der Waals surface area contributed by atoms with E-state index in [-0.39, 0.29) is 0 Å². The highest BCUT2D eigenvalue weighted by molar-refractivity contribution is 6.31. The quantitative estimate of drug-likeness (QED) is 0.900. The van der Waals surface area contributed by atoms with E-state index in [9.17, 15) is 0 Å². The molecule has 5 heteroatoms. The van der Waals surface area contributed by atoms with E-state index in [2.05, 4.69) is 15.3 Å². The fourth-order valence-electron chi connectivity index (χ4n) is 1.49. The summed E-state index contributed by atoms with van der Waals surface area (Å²) in [4.78, 5) is 8.39. The Morgan fingerprint density at radius 1 is 1.28 bits per heavy atom. The van der Waals surface area contributed by atoms with Crippen molar-refractivity contribution in [1.82, 2.24) is 15.3 Å². The Morgan fingerprint density at radius 2 is 2.11 bits per heavy atom. The van der Waals surface area contributed by atoms with Crippen LogP contribution in [0.1, 0.15) is 11.3 Å². The van der Waals surface area contributed by atoms with Crippen molar-refractivity contribution in [3.05, 3.63) is 52.9 Å². The molecule has 0 bridgehead atoms. The highest BCUT2D eigenvalue weighted by Gasteiger charge is 2.02. The molecule has 0 unspecified atom stereocenters. The van der Waals surface area contributed by atoms with E-state index in [4.69, 9.17) is 16.3 Å². The van der Waals surface area contributed by atoms with Crippen LogP contribution < -0.4 is 10.1 Å². The molecule has 0 aliphatic rings. The third-order valence-electron chi connectivity index (χ3n) is 2.35. The fourth-order valence-corrected chi connectivity index (χ4v) is 1.68. The average molecular weight is 264 g/mol. The molecule has 0 atom stereocenters. The molecule has 0 fully saturated rings. The normalized spacial score (nSPS) is 10.3. The summed E-state index contributed by atoms with van der Waals surface area (Å²) in [5.41, 5.74) is 1.77. The zero-order valence-electron chi connectivity index (χ0n) is 10.1. The molecule has 0 aliphatic heterocycles. The topological polar surface area (TPSA) is 47.0 Å². The van der Waals surface area contributed by atoms with Crippen LogP contribution in [0.5, 0.6) is 5.88 Å². The molecule has 0 saturated carbocycles. The summed E-state index contributed by atoms with van der Waals surface area (Å²) in [7, 11) is 1.86. The summed E-state index contributed by atoms with van der Waals surface area (Å²) >= 11 is 6.05. The molecule has 0 saturated heterocycles. The predicted molar refractivity (Wildman–Crippen MR) is 70.6 cm³/mol. The van der Waals surface area contributed by atoms with Gasteiger partial charge in [0.25, 0.3) is 0 Å². The van der Waals surface area contributed by atoms with E-state index in [1.54, 1.807) is 12.4 Å². The number of nitrogens with one attached hydrogen (secondary N) is 1. The molecule has 94 valence electrons. The van der Waals surface area contributed by atoms with Crippen molar-refractivity contribution in [3.63, 3.8) is 0 Å². The maximum atomic E-state index is 6.05. The van der Waals surface area contributed by atoms with Gasteiger partial charge in [-0.15, -0.1) is 0 Å². The molecular formula is C13H14ClN3O. The lowest BCUT2D eigenvalue weighted by Gasteiger charge is -2.07. The third kappa shape index (κ3) is 3.42. The molecule has 0 radical (unpaired) electrons. The van der Waals surface area contributed by atoms with Gasteiger partial charge in [-0.2, -0.15) is 0 Å². The highest BCUT2D eigenvalue weighted by Crippen LogP contribution is 2.17. The minimum atomic E-state index is 0.386. The molecule has 1 aromatic carbocycles. The highest BCUT2D eigenvalue weighted by atomic mass is 35.5. The first-order chi connectivity index (χ1) is 8.79. The van der Waals surface area contributed by atoms with Gasteiger partial charge in [0.2, 0.25) is 5.88 Å². The van der Waals surface area contributed by atoms with Gasteiger partial charge in [-0.1, -0.05) is 29.8 Å². The van der Waals surface area contributed by atoms with Crippen LogP contribution in [0.25, 0.3) is 0 Å². The van der Waals surface area contributed by atoms with E-state index in [1.165, 1.54) is 0 Å². The zero-order chi connectivity index (χ0) is 12.8. The summed E-state index contributed by atoms with van der Waals surface area (Å²) in [5, 5.41) is 3.71. The van der Waals surface area contributed by atoms with E-state index in [1.807, 2.05) is 31.3 Å². The zero-order valence-corrected chi connectivity index (χ0v) is 10.8. The monoisotopic (exact) mass is 263 g/mol. The predicted octanol–water partition coefficient (Wildman–Crippen LogP) is 2.43. The number of benzene rings is 1. The second kappa shape index (κ2) is 6.33. The lowest BCUT2D eigenvalue weighted by Crippen LogP contribution is -2.08. The molecule has 0 aliphatic carbocycles. The van der Waals surface area contributed by atoms with Crippen molar-refractivity contribution in [1.29, 1.82) is 0 Å². The third-order valence-corrected chi connectivity index (χ3v) is 2.72. The second-order valence-corrected chi connectivity index (χ2v) is 4.17. The summed E-state index contributed by atoms with van der Waals surface area (Å²) in [6.07, 6.45) is 3.30. The molecule has 1 heterocycles. The van der Waals surface area contributed by atoms with Gasteiger partial charge in [-0.05, 0) is 13.1 Å². The van der Waals surface area contributed by atoms with Crippen LogP contribution >= 0.6 is 11.6 Å². The van der Waals surface area contributed by atoms with E-state index >= 15 is 0 Å². The van der Waals surface area contributed by atoms with E-state index < -0.39 is 0 Å². The molecule has 4 nitrogen and oxygen atoms in total. The number of hydrogen-bond donors (Lipinski definition) is 1. The Balaban J connectivity index is 2.02. The number of halogens is 1. The first-order valence-corrected chi connectivity index (χ1v) is 5.99. The Kier molecular flexibility index (Phi) is 4.50. The van der Waals surface area contributed by atoms with Crippen molar-refractivity contribution in [3.8, 4) is 5.88 Å². The maximum Gasteiger partial charge on any atom is 0.232 e. The lowest BCUT2D eigenvalue weighted by molar-refractivity contribution is 0.291. The van der Waals surface area contributed by atoms with E-state index in [0.29, 0.717) is 24.1 Å². The number of aromatic nitrogens is 2. The van der Waals surface area contributed by atoms with Gasteiger partial charge in [0.15, 0.2) is 0 Å². The van der Waals surface area contributed by atoms with Crippen molar-refractivity contribution in [2.75, 3.05) is 7.05 Å². The van der Waals surface area contributed by atoms with Gasteiger partial charge in [0.1, 0.15) is 6.61 Å². The Bertz CT molecular complexity index is 519. The van der Waals surface area contributed by atoms with Crippen LogP contribution in [0, 0.1) is 0 Å². The van der Waals surface area contributed by atoms with Crippen LogP contribution in [-0.2, 0) is 13.2 Å². The minimum absolute atomic E-state index is 0.386. The van der Waals surface area contributed by atoms with Gasteiger partial charge in [-0.25, -0.2) is 4.98 Å². The van der Waals surface area contributed by atoms with E-state index in [0.717, 1.165) is 11.3 Å². The van der Waals surface area contributed by atoms with Crippen LogP contribution in [-0.4, -0.2) is 17.0 Å². The Morgan fingerprint density at radius 3 is 2.89 bits per heavy atom. The number of nitrogens with zero attached hydrogens (tertiary/aromatic N) is 2. The van der Waals surface area contributed by atoms with Crippen molar-refractivity contribution >= 4 is 11.6 Å². The second-order valence-electron chi connectivity index (χ2n) is 3.76. The fraction of sp³-hybridized carbons (Fsp3) is 0.231. The summed E-state index contributed by atoms with van der Waals surface area (Å²) in [5.74, 6) is 0.502. The van der Waals surface area contributed by atoms with Crippen LogP contribution in [0.15, 0.2) is 36.7 Å². The molecule has 1 N–H and O–H groups in total. The first kappa shape index (κ1) is 12.8. The summed E-state index contributed by atoms with van der Waals surface area (Å²) in [6, 6.07) is 7.57. The molecule has 1 aromatic heterocycles. The SMILES string of the molecule is CNCc1cncc(OCc2ccccc2Cl)n1. The van der Waals surface area contributed by atoms with Gasteiger partial charge < -0.3 is 10.1 Å². The largest absolute Gasteiger partial charge is 0.472 e. The first-order valence-electron chi connectivity index (χ1n) is 5.61. The molecule has 0 spiro atoms. The van der Waals surface area contributed by atoms with Crippen LogP contribution in [0.3, 0.4) is 0 Å². The Hall–Kier alpha value is -1.65. The van der Waals surface area contributed by atoms with Gasteiger partial charge >= 0.3 is 0 Å². The van der Waals surface area contributed by atoms with Crippen molar-refractivity contribution in [2.24, 2.45) is 0 Å². The number of ether oxygens (including phenoxy) is 1. The van der Waals surface area contributed by atoms with Crippen LogP contribution in [0.4, 0.5) is 0 Å². The maximum absolute atomic E-state index is 6.05. The summed E-state index contributed by atoms with van der Waals surface area (Å²) in [6.45, 7) is 1.05. The molecule has 0 amide bonds. The van der Waals surface area contributed by atoms with Crippen molar-refractivity contribution in [2.45, 2.75) is 13.2 Å². The molecular weight excluding hydrogens is 250 g/mol. The molecule has 18 heavy (non-hydrogen) atoms. The van der Waals surface area contributed by atoms with Crippen molar-refractivity contribution < 1.29 is 4.74 Å². The van der Waals surface area contributed by atoms with Gasteiger partial charge in [-0.3, -0.25) is 4.98 Å². The molecule has 2 rings (SSSR count). The van der Waals surface area contributed by atoms with Gasteiger partial charge in [0, 0.05) is 23.3 Å². The summed E-state index contributed by atoms with van der Waals surface area (Å²) < 4.78 is 5.57. The average Bonchev–Trinajstić information content (AvgIpc) is 2.39. The standard InChI is InChI=1S/C13H14ClN3O/c1-15-6-11-7-16-8-13(17-11)18-9-10-4-2-3-5-12(10)14/h2-5,7-8,15H,6,9H2,1H3. The van der Waals surface area contributed by atoms with Gasteiger partial charge in [0.05, 0.1) is 11.9 Å².